The van der Waals surface area contributed by atoms with Gasteiger partial charge in [-0.05, 0) is 44.2 Å². The standard InChI is InChI=1S/C13H23N3S.HI/c1-5-11(4)16-13(14-6-2)15-9-12-10(3)7-8-17-12;/h7-8,11H,5-6,9H2,1-4H3,(H2,14,15,16);1H. The molecule has 18 heavy (non-hydrogen) atoms. The predicted molar refractivity (Wildman–Crippen MR) is 92.2 cm³/mol. The van der Waals surface area contributed by atoms with Gasteiger partial charge < -0.3 is 10.6 Å². The minimum Gasteiger partial charge on any atom is -0.357 e. The van der Waals surface area contributed by atoms with Crippen molar-refractivity contribution in [1.29, 1.82) is 0 Å². The first kappa shape index (κ1) is 17.7. The maximum atomic E-state index is 4.61. The SMILES string of the molecule is CCNC(=NCc1sccc1C)NC(C)CC.I. The van der Waals surface area contributed by atoms with E-state index >= 15 is 0 Å². The molecular weight excluding hydrogens is 357 g/mol. The van der Waals surface area contributed by atoms with Crippen LogP contribution in [0.4, 0.5) is 0 Å². The van der Waals surface area contributed by atoms with Crippen molar-refractivity contribution in [3.63, 3.8) is 0 Å². The third-order valence-corrected chi connectivity index (χ3v) is 3.70. The molecule has 3 nitrogen and oxygen atoms in total. The van der Waals surface area contributed by atoms with Crippen molar-refractivity contribution in [2.75, 3.05) is 6.54 Å². The number of aryl methyl sites for hydroxylation is 1. The fourth-order valence-electron chi connectivity index (χ4n) is 1.37. The Balaban J connectivity index is 0.00000289. The third kappa shape index (κ3) is 6.04. The number of nitrogens with zero attached hydrogens (tertiary/aromatic N) is 1. The molecule has 2 N–H and O–H groups in total. The number of halogens is 1. The zero-order valence-corrected chi connectivity index (χ0v) is 14.8. The van der Waals surface area contributed by atoms with Crippen molar-refractivity contribution >= 4 is 41.3 Å². The Morgan fingerprint density at radius 2 is 2.17 bits per heavy atom. The zero-order chi connectivity index (χ0) is 12.7. The molecule has 104 valence electrons. The molecule has 0 aromatic carbocycles. The average Bonchev–Trinajstić information content (AvgIpc) is 2.72. The molecule has 0 spiro atoms. The van der Waals surface area contributed by atoms with Gasteiger partial charge in [-0.25, -0.2) is 4.99 Å². The summed E-state index contributed by atoms with van der Waals surface area (Å²) in [6, 6.07) is 2.60. The van der Waals surface area contributed by atoms with Crippen LogP contribution in [0.1, 0.15) is 37.6 Å². The molecule has 5 heteroatoms. The van der Waals surface area contributed by atoms with Gasteiger partial charge in [0.2, 0.25) is 0 Å². The van der Waals surface area contributed by atoms with Crippen LogP contribution in [0.3, 0.4) is 0 Å². The molecule has 0 amide bonds. The summed E-state index contributed by atoms with van der Waals surface area (Å²) >= 11 is 1.77. The molecule has 1 aromatic heterocycles. The van der Waals surface area contributed by atoms with Crippen molar-refractivity contribution in [1.82, 2.24) is 10.6 Å². The number of nitrogens with one attached hydrogen (secondary N) is 2. The maximum Gasteiger partial charge on any atom is 0.191 e. The lowest BCUT2D eigenvalue weighted by Gasteiger charge is -2.16. The lowest BCUT2D eigenvalue weighted by atomic mass is 10.3. The van der Waals surface area contributed by atoms with E-state index in [4.69, 9.17) is 0 Å². The lowest BCUT2D eigenvalue weighted by Crippen LogP contribution is -2.41. The predicted octanol–water partition coefficient (Wildman–Crippen LogP) is 3.53. The number of aliphatic imine (C=N–C) groups is 1. The second-order valence-corrected chi connectivity index (χ2v) is 5.18. The quantitative estimate of drug-likeness (QED) is 0.465. The number of guanidine groups is 1. The Labute approximate surface area is 131 Å². The molecule has 0 saturated carbocycles. The van der Waals surface area contributed by atoms with Crippen molar-refractivity contribution < 1.29 is 0 Å². The van der Waals surface area contributed by atoms with Gasteiger partial charge in [-0.2, -0.15) is 0 Å². The highest BCUT2D eigenvalue weighted by Gasteiger charge is 2.03. The second-order valence-electron chi connectivity index (χ2n) is 4.18. The van der Waals surface area contributed by atoms with Gasteiger partial charge in [-0.15, -0.1) is 35.3 Å². The zero-order valence-electron chi connectivity index (χ0n) is 11.6. The second kappa shape index (κ2) is 9.61. The van der Waals surface area contributed by atoms with E-state index in [1.54, 1.807) is 11.3 Å². The van der Waals surface area contributed by atoms with Crippen LogP contribution in [-0.2, 0) is 6.54 Å². The van der Waals surface area contributed by atoms with E-state index < -0.39 is 0 Å². The van der Waals surface area contributed by atoms with Gasteiger partial charge in [0.1, 0.15) is 0 Å². The van der Waals surface area contributed by atoms with E-state index in [9.17, 15) is 0 Å². The molecule has 1 unspecified atom stereocenters. The Kier molecular flexibility index (Phi) is 9.45. The Morgan fingerprint density at radius 3 is 2.67 bits per heavy atom. The van der Waals surface area contributed by atoms with Crippen LogP contribution in [0, 0.1) is 6.92 Å². The van der Waals surface area contributed by atoms with Crippen LogP contribution >= 0.6 is 35.3 Å². The van der Waals surface area contributed by atoms with Crippen molar-refractivity contribution in [2.45, 2.75) is 46.7 Å². The van der Waals surface area contributed by atoms with Gasteiger partial charge in [-0.3, -0.25) is 0 Å². The highest BCUT2D eigenvalue weighted by atomic mass is 127. The van der Waals surface area contributed by atoms with Crippen molar-refractivity contribution in [3.8, 4) is 0 Å². The number of hydrogen-bond donors (Lipinski definition) is 2. The summed E-state index contributed by atoms with van der Waals surface area (Å²) in [7, 11) is 0. The summed E-state index contributed by atoms with van der Waals surface area (Å²) in [5.74, 6) is 0.912. The Hall–Kier alpha value is -0.300. The van der Waals surface area contributed by atoms with E-state index in [0.717, 1.165) is 25.5 Å². The first-order valence-corrected chi connectivity index (χ1v) is 7.13. The number of hydrogen-bond acceptors (Lipinski definition) is 2. The van der Waals surface area contributed by atoms with Crippen molar-refractivity contribution in [2.24, 2.45) is 4.99 Å². The van der Waals surface area contributed by atoms with Gasteiger partial charge in [0.05, 0.1) is 6.54 Å². The van der Waals surface area contributed by atoms with Crippen LogP contribution in [0.15, 0.2) is 16.4 Å². The minimum atomic E-state index is 0. The highest BCUT2D eigenvalue weighted by Crippen LogP contribution is 2.16. The molecule has 0 aliphatic rings. The van der Waals surface area contributed by atoms with Gasteiger partial charge in [0.15, 0.2) is 5.96 Å². The Bertz CT molecular complexity index is 363. The highest BCUT2D eigenvalue weighted by molar-refractivity contribution is 14.0. The largest absolute Gasteiger partial charge is 0.357 e. The lowest BCUT2D eigenvalue weighted by molar-refractivity contribution is 0.624. The topological polar surface area (TPSA) is 36.4 Å². The van der Waals surface area contributed by atoms with Gasteiger partial charge >= 0.3 is 0 Å². The molecule has 0 radical (unpaired) electrons. The molecular formula is C13H24IN3S. The van der Waals surface area contributed by atoms with E-state index in [2.05, 4.69) is 54.8 Å². The summed E-state index contributed by atoms with van der Waals surface area (Å²) in [6.07, 6.45) is 1.10. The van der Waals surface area contributed by atoms with Gasteiger partial charge in [-0.1, -0.05) is 6.92 Å². The summed E-state index contributed by atoms with van der Waals surface area (Å²) in [4.78, 5) is 5.95. The van der Waals surface area contributed by atoms with Crippen LogP contribution in [-0.4, -0.2) is 18.5 Å². The molecule has 1 aromatic rings. The molecule has 0 bridgehead atoms. The first-order valence-electron chi connectivity index (χ1n) is 6.25. The fraction of sp³-hybridized carbons (Fsp3) is 0.615. The minimum absolute atomic E-state index is 0. The summed E-state index contributed by atoms with van der Waals surface area (Å²) in [5, 5.41) is 8.79. The maximum absolute atomic E-state index is 4.61. The molecule has 0 fully saturated rings. The van der Waals surface area contributed by atoms with Crippen LogP contribution in [0.25, 0.3) is 0 Å². The number of thiophene rings is 1. The van der Waals surface area contributed by atoms with Crippen LogP contribution in [0.2, 0.25) is 0 Å². The Morgan fingerprint density at radius 1 is 1.44 bits per heavy atom. The molecule has 0 aliphatic carbocycles. The number of rotatable bonds is 5. The molecule has 1 atom stereocenters. The molecule has 1 heterocycles. The van der Waals surface area contributed by atoms with Crippen molar-refractivity contribution in [3.05, 3.63) is 21.9 Å². The van der Waals surface area contributed by atoms with E-state index in [-0.39, 0.29) is 24.0 Å². The smallest absolute Gasteiger partial charge is 0.191 e. The van der Waals surface area contributed by atoms with Crippen LogP contribution in [0.5, 0.6) is 0 Å². The summed E-state index contributed by atoms with van der Waals surface area (Å²) in [5.41, 5.74) is 1.33. The first-order chi connectivity index (χ1) is 8.17. The van der Waals surface area contributed by atoms with Gasteiger partial charge in [0.25, 0.3) is 0 Å². The van der Waals surface area contributed by atoms with E-state index in [1.165, 1.54) is 10.4 Å². The normalized spacial score (nSPS) is 12.8. The average molecular weight is 381 g/mol. The molecule has 0 aliphatic heterocycles. The molecule has 1 rings (SSSR count). The summed E-state index contributed by atoms with van der Waals surface area (Å²) < 4.78 is 0. The fourth-order valence-corrected chi connectivity index (χ4v) is 2.20. The third-order valence-electron chi connectivity index (χ3n) is 2.69. The summed E-state index contributed by atoms with van der Waals surface area (Å²) in [6.45, 7) is 10.2. The van der Waals surface area contributed by atoms with Gasteiger partial charge in [0, 0.05) is 17.5 Å². The monoisotopic (exact) mass is 381 g/mol. The van der Waals surface area contributed by atoms with Crippen LogP contribution < -0.4 is 10.6 Å². The van der Waals surface area contributed by atoms with E-state index in [1.807, 2.05) is 0 Å². The van der Waals surface area contributed by atoms with E-state index in [0.29, 0.717) is 6.04 Å². The molecule has 0 saturated heterocycles.